The van der Waals surface area contributed by atoms with Gasteiger partial charge in [-0.05, 0) is 63.3 Å². The van der Waals surface area contributed by atoms with Crippen molar-refractivity contribution in [2.24, 2.45) is 0 Å². The number of aromatic nitrogens is 1. The predicted molar refractivity (Wildman–Crippen MR) is 124 cm³/mol. The Labute approximate surface area is 181 Å². The largest absolute Gasteiger partial charge is 0.358 e. The zero-order chi connectivity index (χ0) is 21.3. The monoisotopic (exact) mass is 410 g/mol. The molecule has 0 spiro atoms. The molecular formula is C25H38N4O. The molecule has 0 bridgehead atoms. The van der Waals surface area contributed by atoms with Gasteiger partial charge in [0.1, 0.15) is 0 Å². The first-order valence-corrected chi connectivity index (χ1v) is 12.0. The predicted octanol–water partition coefficient (Wildman–Crippen LogP) is 4.66. The molecule has 3 atom stereocenters. The second kappa shape index (κ2) is 9.01. The molecular weight excluding hydrogens is 372 g/mol. The number of aryl methyl sites for hydroxylation is 1. The summed E-state index contributed by atoms with van der Waals surface area (Å²) in [4.78, 5) is 21.0. The van der Waals surface area contributed by atoms with E-state index in [-0.39, 0.29) is 12.1 Å². The van der Waals surface area contributed by atoms with Gasteiger partial charge in [0.05, 0.1) is 0 Å². The third kappa shape index (κ3) is 3.73. The van der Waals surface area contributed by atoms with Crippen molar-refractivity contribution in [1.82, 2.24) is 20.1 Å². The fourth-order valence-electron chi connectivity index (χ4n) is 5.85. The van der Waals surface area contributed by atoms with Crippen molar-refractivity contribution in [1.29, 1.82) is 0 Å². The molecule has 4 rings (SSSR count). The van der Waals surface area contributed by atoms with E-state index in [0.29, 0.717) is 12.0 Å². The van der Waals surface area contributed by atoms with Gasteiger partial charge in [0.25, 0.3) is 0 Å². The maximum atomic E-state index is 12.8. The number of amides is 2. The van der Waals surface area contributed by atoms with Crippen LogP contribution in [0.2, 0.25) is 0 Å². The van der Waals surface area contributed by atoms with Crippen LogP contribution in [0.15, 0.2) is 18.2 Å². The van der Waals surface area contributed by atoms with Gasteiger partial charge in [0, 0.05) is 54.2 Å². The molecule has 2 heterocycles. The van der Waals surface area contributed by atoms with E-state index in [9.17, 15) is 4.79 Å². The van der Waals surface area contributed by atoms with Crippen LogP contribution in [0.4, 0.5) is 4.79 Å². The number of rotatable bonds is 7. The van der Waals surface area contributed by atoms with E-state index in [1.807, 2.05) is 18.7 Å². The van der Waals surface area contributed by atoms with Gasteiger partial charge in [-0.3, -0.25) is 4.90 Å². The van der Waals surface area contributed by atoms with Crippen LogP contribution in [0.3, 0.4) is 0 Å². The summed E-state index contributed by atoms with van der Waals surface area (Å²) < 4.78 is 0. The second-order valence-electron chi connectivity index (χ2n) is 9.03. The van der Waals surface area contributed by atoms with Crippen molar-refractivity contribution in [3.8, 4) is 0 Å². The lowest BCUT2D eigenvalue weighted by Crippen LogP contribution is -2.58. The minimum absolute atomic E-state index is 0.0847. The summed E-state index contributed by atoms with van der Waals surface area (Å²) in [5, 5.41) is 4.83. The van der Waals surface area contributed by atoms with Crippen molar-refractivity contribution >= 4 is 16.9 Å². The number of carbonyl (C=O) groups excluding carboxylic acids is 1. The van der Waals surface area contributed by atoms with Gasteiger partial charge in [-0.2, -0.15) is 0 Å². The number of piperidine rings is 1. The van der Waals surface area contributed by atoms with Gasteiger partial charge in [-0.25, -0.2) is 4.79 Å². The first kappa shape index (κ1) is 21.2. The molecule has 2 aliphatic rings. The number of hydrogen-bond donors (Lipinski definition) is 2. The van der Waals surface area contributed by atoms with E-state index in [0.717, 1.165) is 51.9 Å². The van der Waals surface area contributed by atoms with Crippen molar-refractivity contribution < 1.29 is 4.79 Å². The van der Waals surface area contributed by atoms with Gasteiger partial charge >= 0.3 is 6.03 Å². The maximum Gasteiger partial charge on any atom is 0.317 e. The zero-order valence-corrected chi connectivity index (χ0v) is 19.1. The molecule has 1 aromatic heterocycles. The number of fused-ring (bicyclic) bond motifs is 2. The normalized spacial score (nSPS) is 23.4. The number of H-pyrrole nitrogens is 1. The molecule has 0 saturated carbocycles. The highest BCUT2D eigenvalue weighted by molar-refractivity contribution is 5.89. The lowest BCUT2D eigenvalue weighted by molar-refractivity contribution is 0.0978. The smallest absolute Gasteiger partial charge is 0.317 e. The first-order valence-electron chi connectivity index (χ1n) is 12.0. The molecule has 5 nitrogen and oxygen atoms in total. The Morgan fingerprint density at radius 3 is 2.70 bits per heavy atom. The van der Waals surface area contributed by atoms with Crippen LogP contribution in [0.5, 0.6) is 0 Å². The van der Waals surface area contributed by atoms with Crippen LogP contribution in [0.25, 0.3) is 10.9 Å². The molecule has 30 heavy (non-hydrogen) atoms. The summed E-state index contributed by atoms with van der Waals surface area (Å²) in [6.45, 7) is 12.2. The molecule has 2 N–H and O–H groups in total. The fourth-order valence-corrected chi connectivity index (χ4v) is 5.85. The number of carbonyl (C=O) groups is 1. The summed E-state index contributed by atoms with van der Waals surface area (Å²) >= 11 is 0. The van der Waals surface area contributed by atoms with Crippen LogP contribution in [-0.4, -0.2) is 59.1 Å². The van der Waals surface area contributed by atoms with Crippen molar-refractivity contribution in [2.45, 2.75) is 77.8 Å². The van der Waals surface area contributed by atoms with Gasteiger partial charge in [-0.1, -0.05) is 32.4 Å². The maximum absolute atomic E-state index is 12.8. The molecule has 0 radical (unpaired) electrons. The number of nitrogens with one attached hydrogen (secondary N) is 2. The number of hydrogen-bond acceptors (Lipinski definition) is 2. The lowest BCUT2D eigenvalue weighted by Gasteiger charge is -2.47. The van der Waals surface area contributed by atoms with E-state index in [4.69, 9.17) is 0 Å². The Morgan fingerprint density at radius 2 is 2.00 bits per heavy atom. The first-order chi connectivity index (χ1) is 14.6. The molecule has 1 saturated heterocycles. The van der Waals surface area contributed by atoms with Crippen LogP contribution >= 0.6 is 0 Å². The zero-order valence-electron chi connectivity index (χ0n) is 19.1. The summed E-state index contributed by atoms with van der Waals surface area (Å²) in [5.41, 5.74) is 5.77. The molecule has 1 aromatic carbocycles. The van der Waals surface area contributed by atoms with Crippen molar-refractivity contribution in [2.75, 3.05) is 26.2 Å². The fraction of sp³-hybridized carbons (Fsp3) is 0.640. The molecule has 5 heteroatoms. The highest BCUT2D eigenvalue weighted by Gasteiger charge is 2.41. The van der Waals surface area contributed by atoms with Crippen LogP contribution in [-0.2, 0) is 12.8 Å². The quantitative estimate of drug-likeness (QED) is 0.697. The average molecular weight is 411 g/mol. The molecule has 1 fully saturated rings. The van der Waals surface area contributed by atoms with E-state index in [1.54, 1.807) is 5.56 Å². The minimum Gasteiger partial charge on any atom is -0.358 e. The van der Waals surface area contributed by atoms with Gasteiger partial charge in [0.15, 0.2) is 0 Å². The summed E-state index contributed by atoms with van der Waals surface area (Å²) in [6.07, 6.45) is 5.60. The molecule has 1 aliphatic heterocycles. The lowest BCUT2D eigenvalue weighted by atomic mass is 9.73. The summed E-state index contributed by atoms with van der Waals surface area (Å²) in [5.74, 6) is 0.480. The molecule has 1 aliphatic carbocycles. The Hall–Kier alpha value is -2.01. The minimum atomic E-state index is 0.0847. The molecule has 2 aromatic rings. The van der Waals surface area contributed by atoms with E-state index < -0.39 is 0 Å². The summed E-state index contributed by atoms with van der Waals surface area (Å²) in [6, 6.07) is 7.60. The van der Waals surface area contributed by atoms with Gasteiger partial charge < -0.3 is 15.2 Å². The highest BCUT2D eigenvalue weighted by atomic mass is 16.2. The van der Waals surface area contributed by atoms with E-state index in [1.165, 1.54) is 28.6 Å². The van der Waals surface area contributed by atoms with Crippen LogP contribution < -0.4 is 5.32 Å². The topological polar surface area (TPSA) is 51.4 Å². The standard InChI is InChI=1S/C25H38N4O/c1-5-10-21-20-15-23-19(18-11-9-12-22(27-21)24(18)20)14-17(16-29(23)13-6-2)26-25(30)28(7-3)8-4/h9,11-12,17,19,23,27H,5-8,10,13-16H2,1-4H3,(H,26,30)/t17-,19?,23+/m0/s1. The Bertz CT molecular complexity index is 885. The third-order valence-electron chi connectivity index (χ3n) is 7.18. The number of likely N-dealkylation sites (tertiary alicyclic amines) is 1. The van der Waals surface area contributed by atoms with Crippen LogP contribution in [0.1, 0.15) is 69.7 Å². The Morgan fingerprint density at radius 1 is 1.20 bits per heavy atom. The number of aromatic amines is 1. The number of urea groups is 1. The molecule has 164 valence electrons. The van der Waals surface area contributed by atoms with Gasteiger partial charge in [-0.15, -0.1) is 0 Å². The van der Waals surface area contributed by atoms with Crippen molar-refractivity contribution in [3.63, 3.8) is 0 Å². The SMILES string of the molecule is CCCc1[nH]c2cccc3c2c1C[C@@H]1C3C[C@H](NC(=O)N(CC)CC)CN1CCC. The van der Waals surface area contributed by atoms with Crippen molar-refractivity contribution in [3.05, 3.63) is 35.0 Å². The van der Waals surface area contributed by atoms with E-state index in [2.05, 4.69) is 47.2 Å². The summed E-state index contributed by atoms with van der Waals surface area (Å²) in [7, 11) is 0. The number of nitrogens with zero attached hydrogens (tertiary/aromatic N) is 2. The van der Waals surface area contributed by atoms with E-state index >= 15 is 0 Å². The van der Waals surface area contributed by atoms with Gasteiger partial charge in [0.2, 0.25) is 0 Å². The average Bonchev–Trinajstić information content (AvgIpc) is 3.09. The van der Waals surface area contributed by atoms with Crippen LogP contribution in [0, 0.1) is 0 Å². The number of benzene rings is 1. The molecule has 1 unspecified atom stereocenters. The highest BCUT2D eigenvalue weighted by Crippen LogP contribution is 2.44. The Kier molecular flexibility index (Phi) is 6.37. The Balaban J connectivity index is 1.67. The second-order valence-corrected chi connectivity index (χ2v) is 9.03. The molecule has 2 amide bonds. The third-order valence-corrected chi connectivity index (χ3v) is 7.18.